The molecule has 0 aliphatic carbocycles. The molecule has 0 bridgehead atoms. The molecule has 0 saturated carbocycles. The molecule has 0 radical (unpaired) electrons. The molecule has 0 aromatic carbocycles. The number of nitrogens with zero attached hydrogens (tertiary/aromatic N) is 4. The van der Waals surface area contributed by atoms with Crippen molar-refractivity contribution in [1.82, 2.24) is 20.5 Å². The van der Waals surface area contributed by atoms with Crippen LogP contribution in [0, 0.1) is 0 Å². The lowest BCUT2D eigenvalue weighted by Gasteiger charge is -2.33. The van der Waals surface area contributed by atoms with Crippen molar-refractivity contribution in [3.63, 3.8) is 0 Å². The van der Waals surface area contributed by atoms with E-state index in [1.54, 1.807) is 11.3 Å². The highest BCUT2D eigenvalue weighted by molar-refractivity contribution is 14.0. The van der Waals surface area contributed by atoms with Crippen LogP contribution in [0.3, 0.4) is 0 Å². The highest BCUT2D eigenvalue weighted by atomic mass is 127. The minimum Gasteiger partial charge on any atom is -0.357 e. The SMILES string of the molecule is CCNC(=NCc1ccc(N2CCN(C)CC2)nc1)NCC(C)c1cccs1.I. The number of aromatic nitrogens is 1. The van der Waals surface area contributed by atoms with E-state index in [4.69, 9.17) is 4.99 Å². The molecular weight excluding hydrogens is 495 g/mol. The molecule has 3 rings (SSSR count). The summed E-state index contributed by atoms with van der Waals surface area (Å²) in [5.74, 6) is 2.39. The molecule has 1 unspecified atom stereocenters. The number of guanidine groups is 1. The van der Waals surface area contributed by atoms with E-state index in [1.165, 1.54) is 4.88 Å². The van der Waals surface area contributed by atoms with E-state index in [0.29, 0.717) is 12.5 Å². The summed E-state index contributed by atoms with van der Waals surface area (Å²) in [4.78, 5) is 15.5. The van der Waals surface area contributed by atoms with Crippen LogP contribution >= 0.6 is 35.3 Å². The molecule has 3 heterocycles. The number of aliphatic imine (C=N–C) groups is 1. The Hall–Kier alpha value is -1.39. The van der Waals surface area contributed by atoms with Gasteiger partial charge in [0.1, 0.15) is 5.82 Å². The summed E-state index contributed by atoms with van der Waals surface area (Å²) in [5, 5.41) is 8.92. The van der Waals surface area contributed by atoms with E-state index in [-0.39, 0.29) is 24.0 Å². The number of rotatable bonds is 7. The molecule has 160 valence electrons. The van der Waals surface area contributed by atoms with Gasteiger partial charge in [0.15, 0.2) is 5.96 Å². The van der Waals surface area contributed by atoms with Gasteiger partial charge in [-0.2, -0.15) is 0 Å². The van der Waals surface area contributed by atoms with Crippen LogP contribution in [-0.2, 0) is 6.54 Å². The molecule has 29 heavy (non-hydrogen) atoms. The highest BCUT2D eigenvalue weighted by Gasteiger charge is 2.15. The second-order valence-electron chi connectivity index (χ2n) is 7.31. The first kappa shape index (κ1) is 23.9. The van der Waals surface area contributed by atoms with E-state index in [9.17, 15) is 0 Å². The van der Waals surface area contributed by atoms with Gasteiger partial charge in [0, 0.05) is 56.3 Å². The molecule has 2 aromatic rings. The Bertz CT molecular complexity index is 726. The van der Waals surface area contributed by atoms with Gasteiger partial charge in [0.2, 0.25) is 0 Å². The van der Waals surface area contributed by atoms with Crippen LogP contribution in [0.15, 0.2) is 40.8 Å². The zero-order valence-electron chi connectivity index (χ0n) is 17.6. The highest BCUT2D eigenvalue weighted by Crippen LogP contribution is 2.19. The minimum atomic E-state index is 0. The Balaban J connectivity index is 0.00000300. The molecule has 1 fully saturated rings. The molecule has 1 saturated heterocycles. The lowest BCUT2D eigenvalue weighted by molar-refractivity contribution is 0.312. The van der Waals surface area contributed by atoms with Gasteiger partial charge in [-0.05, 0) is 37.0 Å². The third kappa shape index (κ3) is 7.42. The Kier molecular flexibility index (Phi) is 10.2. The standard InChI is InChI=1S/C21H32N6S.HI/c1-4-22-21(24-14-17(2)19-6-5-13-28-19)25-16-18-7-8-20(23-15-18)27-11-9-26(3)10-12-27;/h5-8,13,15,17H,4,9-12,14,16H2,1-3H3,(H2,22,24,25);1H. The van der Waals surface area contributed by atoms with Gasteiger partial charge in [-0.1, -0.05) is 19.1 Å². The van der Waals surface area contributed by atoms with Crippen molar-refractivity contribution in [3.05, 3.63) is 46.3 Å². The Morgan fingerprint density at radius 2 is 2.00 bits per heavy atom. The first-order chi connectivity index (χ1) is 13.7. The number of anilines is 1. The van der Waals surface area contributed by atoms with Crippen molar-refractivity contribution in [2.24, 2.45) is 4.99 Å². The Labute approximate surface area is 195 Å². The average Bonchev–Trinajstić information content (AvgIpc) is 3.26. The van der Waals surface area contributed by atoms with Gasteiger partial charge in [-0.25, -0.2) is 9.98 Å². The van der Waals surface area contributed by atoms with E-state index >= 15 is 0 Å². The molecule has 2 N–H and O–H groups in total. The summed E-state index contributed by atoms with van der Waals surface area (Å²) < 4.78 is 0. The van der Waals surface area contributed by atoms with E-state index < -0.39 is 0 Å². The molecule has 1 atom stereocenters. The van der Waals surface area contributed by atoms with Gasteiger partial charge >= 0.3 is 0 Å². The number of piperazine rings is 1. The summed E-state index contributed by atoms with van der Waals surface area (Å²) >= 11 is 1.80. The van der Waals surface area contributed by atoms with Crippen molar-refractivity contribution in [3.8, 4) is 0 Å². The quantitative estimate of drug-likeness (QED) is 0.328. The maximum Gasteiger partial charge on any atom is 0.191 e. The molecule has 1 aliphatic heterocycles. The minimum absolute atomic E-state index is 0. The van der Waals surface area contributed by atoms with Crippen molar-refractivity contribution >= 4 is 47.1 Å². The summed E-state index contributed by atoms with van der Waals surface area (Å²) in [7, 11) is 2.17. The maximum atomic E-state index is 4.73. The fourth-order valence-corrected chi connectivity index (χ4v) is 3.95. The summed E-state index contributed by atoms with van der Waals surface area (Å²) in [5.41, 5.74) is 1.13. The molecular formula is C21H33IN6S. The van der Waals surface area contributed by atoms with Crippen molar-refractivity contribution < 1.29 is 0 Å². The Morgan fingerprint density at radius 3 is 2.62 bits per heavy atom. The third-order valence-corrected chi connectivity index (χ3v) is 6.11. The van der Waals surface area contributed by atoms with Crippen molar-refractivity contribution in [2.45, 2.75) is 26.3 Å². The predicted molar refractivity (Wildman–Crippen MR) is 135 cm³/mol. The smallest absolute Gasteiger partial charge is 0.191 e. The van der Waals surface area contributed by atoms with Crippen LogP contribution in [0.5, 0.6) is 0 Å². The first-order valence-electron chi connectivity index (χ1n) is 10.1. The van der Waals surface area contributed by atoms with Crippen LogP contribution < -0.4 is 15.5 Å². The Morgan fingerprint density at radius 1 is 1.21 bits per heavy atom. The normalized spacial score (nSPS) is 16.2. The number of likely N-dealkylation sites (N-methyl/N-ethyl adjacent to an activating group) is 1. The van der Waals surface area contributed by atoms with E-state index in [1.807, 2.05) is 6.20 Å². The van der Waals surface area contributed by atoms with Gasteiger partial charge in [0.25, 0.3) is 0 Å². The number of pyridine rings is 1. The fraction of sp³-hybridized carbons (Fsp3) is 0.524. The van der Waals surface area contributed by atoms with E-state index in [2.05, 4.69) is 76.0 Å². The average molecular weight is 529 g/mol. The molecule has 0 spiro atoms. The number of hydrogen-bond donors (Lipinski definition) is 2. The lowest BCUT2D eigenvalue weighted by Crippen LogP contribution is -2.44. The van der Waals surface area contributed by atoms with Crippen LogP contribution in [0.25, 0.3) is 0 Å². The molecule has 2 aromatic heterocycles. The second-order valence-corrected chi connectivity index (χ2v) is 8.29. The fourth-order valence-electron chi connectivity index (χ4n) is 3.17. The van der Waals surface area contributed by atoms with Gasteiger partial charge in [-0.3, -0.25) is 0 Å². The van der Waals surface area contributed by atoms with Gasteiger partial charge in [-0.15, -0.1) is 35.3 Å². The number of hydrogen-bond acceptors (Lipinski definition) is 5. The first-order valence-corrected chi connectivity index (χ1v) is 11.0. The van der Waals surface area contributed by atoms with E-state index in [0.717, 1.165) is 56.6 Å². The van der Waals surface area contributed by atoms with Crippen molar-refractivity contribution in [1.29, 1.82) is 0 Å². The molecule has 6 nitrogen and oxygen atoms in total. The molecule has 8 heteroatoms. The number of halogens is 1. The zero-order chi connectivity index (χ0) is 19.8. The maximum absolute atomic E-state index is 4.73. The van der Waals surface area contributed by atoms with Crippen LogP contribution in [0.2, 0.25) is 0 Å². The van der Waals surface area contributed by atoms with Gasteiger partial charge in [0.05, 0.1) is 6.54 Å². The monoisotopic (exact) mass is 528 g/mol. The van der Waals surface area contributed by atoms with Crippen molar-refractivity contribution in [2.75, 3.05) is 51.2 Å². The third-order valence-electron chi connectivity index (χ3n) is 5.00. The van der Waals surface area contributed by atoms with Crippen LogP contribution in [-0.4, -0.2) is 62.2 Å². The van der Waals surface area contributed by atoms with Gasteiger partial charge < -0.3 is 20.4 Å². The summed E-state index contributed by atoms with van der Waals surface area (Å²) in [6, 6.07) is 8.56. The summed E-state index contributed by atoms with van der Waals surface area (Å²) in [6.07, 6.45) is 1.95. The molecule has 1 aliphatic rings. The summed E-state index contributed by atoms with van der Waals surface area (Å²) in [6.45, 7) is 10.9. The largest absolute Gasteiger partial charge is 0.357 e. The topological polar surface area (TPSA) is 55.8 Å². The lowest BCUT2D eigenvalue weighted by atomic mass is 10.1. The molecule has 0 amide bonds. The zero-order valence-corrected chi connectivity index (χ0v) is 20.7. The predicted octanol–water partition coefficient (Wildman–Crippen LogP) is 3.37. The van der Waals surface area contributed by atoms with Crippen LogP contribution in [0.1, 0.15) is 30.2 Å². The number of thiophene rings is 1. The number of nitrogens with one attached hydrogen (secondary N) is 2. The second kappa shape index (κ2) is 12.3. The van der Waals surface area contributed by atoms with Crippen LogP contribution in [0.4, 0.5) is 5.82 Å².